The summed E-state index contributed by atoms with van der Waals surface area (Å²) in [4.78, 5) is 35.5. The smallest absolute Gasteiger partial charge is 0.310 e. The standard InChI is InChI=1S/C20H22N2O6S/c1-13(20(25)16-6-10-18(11-7-16)22-29(3,26)27)28-19(24)12-15-4-8-17(9-5-15)21-14(2)23/h4-11,13,22H,12H2,1-3H3,(H,21,23)/t13-/m1/s1. The number of Topliss-reactive ketones (excluding diaryl/α,β-unsaturated/α-hetero) is 1. The fourth-order valence-electron chi connectivity index (χ4n) is 2.52. The van der Waals surface area contributed by atoms with Gasteiger partial charge in [-0.2, -0.15) is 0 Å². The van der Waals surface area contributed by atoms with Gasteiger partial charge in [-0.3, -0.25) is 19.1 Å². The Labute approximate surface area is 169 Å². The SMILES string of the molecule is CC(=O)Nc1ccc(CC(=O)O[C@H](C)C(=O)c2ccc(NS(C)(=O)=O)cc2)cc1. The highest BCUT2D eigenvalue weighted by atomic mass is 32.2. The third kappa shape index (κ3) is 7.38. The molecule has 0 aliphatic heterocycles. The maximum absolute atomic E-state index is 12.4. The zero-order chi connectivity index (χ0) is 21.6. The minimum absolute atomic E-state index is 0.0187. The largest absolute Gasteiger partial charge is 0.454 e. The molecule has 0 spiro atoms. The third-order valence-electron chi connectivity index (χ3n) is 3.77. The van der Waals surface area contributed by atoms with E-state index in [1.54, 1.807) is 24.3 Å². The van der Waals surface area contributed by atoms with Gasteiger partial charge >= 0.3 is 5.97 Å². The number of ketones is 1. The van der Waals surface area contributed by atoms with Crippen molar-refractivity contribution < 1.29 is 27.5 Å². The number of carbonyl (C=O) groups excluding carboxylic acids is 3. The Morgan fingerprint density at radius 2 is 1.52 bits per heavy atom. The lowest BCUT2D eigenvalue weighted by molar-refractivity contribution is -0.145. The van der Waals surface area contributed by atoms with Crippen LogP contribution in [-0.4, -0.2) is 38.4 Å². The van der Waals surface area contributed by atoms with Gasteiger partial charge in [0.15, 0.2) is 6.10 Å². The monoisotopic (exact) mass is 418 g/mol. The van der Waals surface area contributed by atoms with Crippen molar-refractivity contribution in [3.8, 4) is 0 Å². The topological polar surface area (TPSA) is 119 Å². The van der Waals surface area contributed by atoms with E-state index in [2.05, 4.69) is 10.0 Å². The van der Waals surface area contributed by atoms with Crippen LogP contribution in [0.3, 0.4) is 0 Å². The normalized spacial score (nSPS) is 12.0. The molecule has 2 aromatic carbocycles. The van der Waals surface area contributed by atoms with E-state index in [0.717, 1.165) is 6.26 Å². The summed E-state index contributed by atoms with van der Waals surface area (Å²) in [6, 6.07) is 12.6. The highest BCUT2D eigenvalue weighted by Crippen LogP contribution is 2.15. The Morgan fingerprint density at radius 3 is 2.03 bits per heavy atom. The third-order valence-corrected chi connectivity index (χ3v) is 4.38. The van der Waals surface area contributed by atoms with Gasteiger partial charge in [-0.15, -0.1) is 0 Å². The number of hydrogen-bond donors (Lipinski definition) is 2. The summed E-state index contributed by atoms with van der Waals surface area (Å²) in [6.45, 7) is 2.88. The molecule has 0 saturated carbocycles. The van der Waals surface area contributed by atoms with Gasteiger partial charge in [0.1, 0.15) is 0 Å². The Hall–Kier alpha value is -3.20. The number of amides is 1. The van der Waals surface area contributed by atoms with Crippen molar-refractivity contribution in [3.05, 3.63) is 59.7 Å². The molecule has 0 unspecified atom stereocenters. The van der Waals surface area contributed by atoms with Gasteiger partial charge in [0.2, 0.25) is 21.7 Å². The van der Waals surface area contributed by atoms with E-state index in [-0.39, 0.29) is 12.3 Å². The van der Waals surface area contributed by atoms with Crippen LogP contribution >= 0.6 is 0 Å². The lowest BCUT2D eigenvalue weighted by atomic mass is 10.1. The van der Waals surface area contributed by atoms with E-state index >= 15 is 0 Å². The number of ether oxygens (including phenoxy) is 1. The molecular formula is C20H22N2O6S. The minimum atomic E-state index is -3.41. The predicted molar refractivity (Wildman–Crippen MR) is 109 cm³/mol. The molecule has 0 aromatic heterocycles. The van der Waals surface area contributed by atoms with Crippen molar-refractivity contribution >= 4 is 39.1 Å². The molecule has 154 valence electrons. The first-order chi connectivity index (χ1) is 13.5. The molecule has 0 bridgehead atoms. The Kier molecular flexibility index (Phi) is 7.11. The second-order valence-corrected chi connectivity index (χ2v) is 8.25. The van der Waals surface area contributed by atoms with Crippen molar-refractivity contribution in [2.24, 2.45) is 0 Å². The molecule has 8 nitrogen and oxygen atoms in total. The van der Waals surface area contributed by atoms with Crippen LogP contribution in [0.4, 0.5) is 11.4 Å². The first kappa shape index (κ1) is 22.1. The molecule has 1 atom stereocenters. The predicted octanol–water partition coefficient (Wildman–Crippen LogP) is 2.37. The summed E-state index contributed by atoms with van der Waals surface area (Å²) in [5.74, 6) is -1.15. The van der Waals surface area contributed by atoms with Crippen LogP contribution in [0.15, 0.2) is 48.5 Å². The molecule has 0 aliphatic carbocycles. The Morgan fingerprint density at radius 1 is 0.966 bits per heavy atom. The lowest BCUT2D eigenvalue weighted by Crippen LogP contribution is -2.25. The van der Waals surface area contributed by atoms with Crippen LogP contribution in [-0.2, 0) is 30.8 Å². The second-order valence-electron chi connectivity index (χ2n) is 6.50. The number of rotatable bonds is 8. The fourth-order valence-corrected chi connectivity index (χ4v) is 3.08. The van der Waals surface area contributed by atoms with Crippen molar-refractivity contribution in [1.82, 2.24) is 0 Å². The van der Waals surface area contributed by atoms with E-state index in [1.165, 1.54) is 38.1 Å². The molecule has 0 radical (unpaired) electrons. The maximum atomic E-state index is 12.4. The van der Waals surface area contributed by atoms with Crippen molar-refractivity contribution in [2.75, 3.05) is 16.3 Å². The van der Waals surface area contributed by atoms with Crippen molar-refractivity contribution in [3.63, 3.8) is 0 Å². The lowest BCUT2D eigenvalue weighted by Gasteiger charge is -2.13. The van der Waals surface area contributed by atoms with Crippen LogP contribution in [0, 0.1) is 0 Å². The zero-order valence-electron chi connectivity index (χ0n) is 16.3. The van der Waals surface area contributed by atoms with E-state index in [4.69, 9.17) is 4.74 Å². The van der Waals surface area contributed by atoms with Gasteiger partial charge < -0.3 is 10.1 Å². The molecular weight excluding hydrogens is 396 g/mol. The minimum Gasteiger partial charge on any atom is -0.454 e. The quantitative estimate of drug-likeness (QED) is 0.502. The number of sulfonamides is 1. The number of anilines is 2. The summed E-state index contributed by atoms with van der Waals surface area (Å²) in [5.41, 5.74) is 1.92. The summed E-state index contributed by atoms with van der Waals surface area (Å²) < 4.78 is 29.9. The van der Waals surface area contributed by atoms with Gasteiger partial charge in [0, 0.05) is 23.9 Å². The number of hydrogen-bond acceptors (Lipinski definition) is 6. The van der Waals surface area contributed by atoms with Crippen molar-refractivity contribution in [1.29, 1.82) is 0 Å². The average molecular weight is 418 g/mol. The van der Waals surface area contributed by atoms with E-state index in [1.807, 2.05) is 0 Å². The number of carbonyl (C=O) groups is 3. The van der Waals surface area contributed by atoms with Gasteiger partial charge in [-0.05, 0) is 48.9 Å². The Balaban J connectivity index is 1.93. The van der Waals surface area contributed by atoms with E-state index in [0.29, 0.717) is 22.5 Å². The molecule has 0 fully saturated rings. The van der Waals surface area contributed by atoms with E-state index < -0.39 is 27.9 Å². The fraction of sp³-hybridized carbons (Fsp3) is 0.250. The van der Waals surface area contributed by atoms with E-state index in [9.17, 15) is 22.8 Å². The molecule has 9 heteroatoms. The average Bonchev–Trinajstić information content (AvgIpc) is 2.61. The van der Waals surface area contributed by atoms with Gasteiger partial charge in [-0.25, -0.2) is 8.42 Å². The molecule has 0 heterocycles. The summed E-state index contributed by atoms with van der Waals surface area (Å²) >= 11 is 0. The van der Waals surface area contributed by atoms with Crippen LogP contribution in [0.1, 0.15) is 29.8 Å². The first-order valence-corrected chi connectivity index (χ1v) is 10.6. The van der Waals surface area contributed by atoms with Gasteiger partial charge in [0.05, 0.1) is 12.7 Å². The highest BCUT2D eigenvalue weighted by molar-refractivity contribution is 7.92. The summed E-state index contributed by atoms with van der Waals surface area (Å²) in [5, 5.41) is 2.63. The van der Waals surface area contributed by atoms with Crippen LogP contribution in [0.5, 0.6) is 0 Å². The molecule has 29 heavy (non-hydrogen) atoms. The summed E-state index contributed by atoms with van der Waals surface area (Å²) in [6.07, 6.45) is 0.0192. The van der Waals surface area contributed by atoms with Crippen LogP contribution in [0.2, 0.25) is 0 Å². The maximum Gasteiger partial charge on any atom is 0.310 e. The molecule has 1 amide bonds. The number of nitrogens with one attached hydrogen (secondary N) is 2. The molecule has 0 saturated heterocycles. The van der Waals surface area contributed by atoms with Gasteiger partial charge in [-0.1, -0.05) is 12.1 Å². The Bertz CT molecular complexity index is 998. The highest BCUT2D eigenvalue weighted by Gasteiger charge is 2.20. The molecule has 2 rings (SSSR count). The first-order valence-electron chi connectivity index (χ1n) is 8.71. The number of esters is 1. The van der Waals surface area contributed by atoms with Gasteiger partial charge in [0.25, 0.3) is 0 Å². The van der Waals surface area contributed by atoms with Crippen molar-refractivity contribution in [2.45, 2.75) is 26.4 Å². The number of benzene rings is 2. The molecule has 2 N–H and O–H groups in total. The van der Waals surface area contributed by atoms with Crippen LogP contribution in [0.25, 0.3) is 0 Å². The van der Waals surface area contributed by atoms with Crippen LogP contribution < -0.4 is 10.0 Å². The second kappa shape index (κ2) is 9.33. The molecule has 2 aromatic rings. The molecule has 0 aliphatic rings. The zero-order valence-corrected chi connectivity index (χ0v) is 17.1. The summed E-state index contributed by atoms with van der Waals surface area (Å²) in [7, 11) is -3.41.